The average Bonchev–Trinajstić information content (AvgIpc) is 2.12. The molecule has 1 rings (SSSR count). The first-order chi connectivity index (χ1) is 4.58. The highest BCUT2D eigenvalue weighted by molar-refractivity contribution is 6.36. The van der Waals surface area contributed by atoms with Gasteiger partial charge in [-0.15, -0.1) is 0 Å². The van der Waals surface area contributed by atoms with Crippen molar-refractivity contribution in [2.45, 2.75) is 38.9 Å². The molecule has 57 valence electrons. The third-order valence-corrected chi connectivity index (χ3v) is 1.71. The van der Waals surface area contributed by atoms with Gasteiger partial charge in [0.1, 0.15) is 0 Å². The van der Waals surface area contributed by atoms with Crippen molar-refractivity contribution in [1.29, 1.82) is 0 Å². The van der Waals surface area contributed by atoms with E-state index in [0.29, 0.717) is 5.31 Å². The maximum atomic E-state index is 2.44. The van der Waals surface area contributed by atoms with Crippen molar-refractivity contribution in [3.63, 3.8) is 0 Å². The van der Waals surface area contributed by atoms with Crippen molar-refractivity contribution in [3.05, 3.63) is 0 Å². The summed E-state index contributed by atoms with van der Waals surface area (Å²) in [7, 11) is 2.36. The molecule has 1 heterocycles. The van der Waals surface area contributed by atoms with E-state index in [1.807, 2.05) is 0 Å². The van der Waals surface area contributed by atoms with E-state index in [2.05, 4.69) is 33.0 Å². The van der Waals surface area contributed by atoms with E-state index in [-0.39, 0.29) is 0 Å². The Balaban J connectivity index is 2.24. The minimum Gasteiger partial charge on any atom is -0.346 e. The van der Waals surface area contributed by atoms with E-state index >= 15 is 0 Å². The van der Waals surface area contributed by atoms with Crippen LogP contribution in [0.2, 0.25) is 5.31 Å². The van der Waals surface area contributed by atoms with Crippen molar-refractivity contribution in [3.8, 4) is 0 Å². The second kappa shape index (κ2) is 2.95. The Hall–Kier alpha value is 0.0249. The van der Waals surface area contributed by atoms with Gasteiger partial charge in [-0.1, -0.05) is 20.8 Å². The van der Waals surface area contributed by atoms with Crippen molar-refractivity contribution in [2.75, 3.05) is 13.1 Å². The fraction of sp³-hybridized carbons (Fsp3) is 1.00. The topological polar surface area (TPSA) is 3.24 Å². The summed E-state index contributed by atoms with van der Waals surface area (Å²) in [6.45, 7) is 9.32. The fourth-order valence-electron chi connectivity index (χ4n) is 1.42. The van der Waals surface area contributed by atoms with Gasteiger partial charge in [0.2, 0.25) is 7.41 Å². The predicted octanol–water partition coefficient (Wildman–Crippen LogP) is 1.92. The Morgan fingerprint density at radius 1 is 1.10 bits per heavy atom. The number of rotatable bonds is 1. The van der Waals surface area contributed by atoms with Crippen molar-refractivity contribution >= 4 is 7.41 Å². The maximum absolute atomic E-state index is 2.44. The van der Waals surface area contributed by atoms with Crippen molar-refractivity contribution in [1.82, 2.24) is 4.81 Å². The molecule has 0 atom stereocenters. The molecule has 0 aromatic heterocycles. The molecule has 0 aliphatic carbocycles. The lowest BCUT2D eigenvalue weighted by molar-refractivity contribution is 0.519. The van der Waals surface area contributed by atoms with E-state index < -0.39 is 0 Å². The standard InChI is InChI=1S/C8H17BN/c1-8(2,3)9-10-6-4-5-7-10/h4-7H2,1-3H3. The highest BCUT2D eigenvalue weighted by atomic mass is 15.1. The lowest BCUT2D eigenvalue weighted by Gasteiger charge is -2.23. The number of hydrogen-bond acceptors (Lipinski definition) is 1. The summed E-state index contributed by atoms with van der Waals surface area (Å²) in [6.07, 6.45) is 2.76. The quantitative estimate of drug-likeness (QED) is 0.500. The van der Waals surface area contributed by atoms with Gasteiger partial charge in [-0.3, -0.25) is 0 Å². The molecule has 0 amide bonds. The monoisotopic (exact) mass is 138 g/mol. The highest BCUT2D eigenvalue weighted by Crippen LogP contribution is 2.23. The molecule has 0 bridgehead atoms. The SMILES string of the molecule is CC(C)(C)[B]N1CCCC1. The third kappa shape index (κ3) is 2.74. The Kier molecular flexibility index (Phi) is 2.40. The lowest BCUT2D eigenvalue weighted by atomic mass is 9.63. The predicted molar refractivity (Wildman–Crippen MR) is 46.3 cm³/mol. The van der Waals surface area contributed by atoms with Crippen LogP contribution >= 0.6 is 0 Å². The molecule has 0 N–H and O–H groups in total. The van der Waals surface area contributed by atoms with Crippen LogP contribution in [0.5, 0.6) is 0 Å². The molecule has 10 heavy (non-hydrogen) atoms. The summed E-state index contributed by atoms with van der Waals surface area (Å²) in [4.78, 5) is 2.44. The van der Waals surface area contributed by atoms with Gasteiger partial charge in [0.05, 0.1) is 0 Å². The molecule has 1 radical (unpaired) electrons. The van der Waals surface area contributed by atoms with Crippen LogP contribution in [0.3, 0.4) is 0 Å². The summed E-state index contributed by atoms with van der Waals surface area (Å²) in [6, 6.07) is 0. The Morgan fingerprint density at radius 3 is 2.00 bits per heavy atom. The fourth-order valence-corrected chi connectivity index (χ4v) is 1.42. The van der Waals surface area contributed by atoms with Crippen LogP contribution in [0.4, 0.5) is 0 Å². The minimum atomic E-state index is 0.365. The first-order valence-corrected chi connectivity index (χ1v) is 4.18. The minimum absolute atomic E-state index is 0.365. The summed E-state index contributed by atoms with van der Waals surface area (Å²) >= 11 is 0. The molecule has 1 aliphatic heterocycles. The Morgan fingerprint density at radius 2 is 1.60 bits per heavy atom. The third-order valence-electron chi connectivity index (χ3n) is 1.71. The van der Waals surface area contributed by atoms with Crippen LogP contribution in [-0.2, 0) is 0 Å². The molecule has 1 nitrogen and oxygen atoms in total. The molecule has 0 saturated carbocycles. The first-order valence-electron chi connectivity index (χ1n) is 4.18. The molecule has 1 aliphatic rings. The molecule has 0 aromatic carbocycles. The van der Waals surface area contributed by atoms with Gasteiger partial charge in [-0.05, 0) is 31.2 Å². The number of hydrogen-bond donors (Lipinski definition) is 0. The van der Waals surface area contributed by atoms with Gasteiger partial charge in [0, 0.05) is 0 Å². The zero-order chi connectivity index (χ0) is 7.61. The highest BCUT2D eigenvalue weighted by Gasteiger charge is 2.20. The molecule has 1 saturated heterocycles. The summed E-state index contributed by atoms with van der Waals surface area (Å²) in [5.41, 5.74) is 0. The molecule has 0 spiro atoms. The van der Waals surface area contributed by atoms with E-state index in [1.54, 1.807) is 0 Å². The van der Waals surface area contributed by atoms with Crippen LogP contribution in [0.15, 0.2) is 0 Å². The largest absolute Gasteiger partial charge is 0.346 e. The van der Waals surface area contributed by atoms with Crippen LogP contribution in [0, 0.1) is 0 Å². The van der Waals surface area contributed by atoms with Gasteiger partial charge in [-0.2, -0.15) is 0 Å². The zero-order valence-corrected chi connectivity index (χ0v) is 7.35. The van der Waals surface area contributed by atoms with Crippen LogP contribution in [-0.4, -0.2) is 25.3 Å². The van der Waals surface area contributed by atoms with E-state index in [1.165, 1.54) is 25.9 Å². The van der Waals surface area contributed by atoms with Gasteiger partial charge in [-0.25, -0.2) is 0 Å². The molecule has 1 fully saturated rings. The smallest absolute Gasteiger partial charge is 0.214 e. The first kappa shape index (κ1) is 8.12. The average molecular weight is 138 g/mol. The Bertz CT molecular complexity index is 100. The summed E-state index contributed by atoms with van der Waals surface area (Å²) < 4.78 is 0. The molecule has 0 unspecified atom stereocenters. The maximum Gasteiger partial charge on any atom is 0.214 e. The summed E-state index contributed by atoms with van der Waals surface area (Å²) in [5, 5.41) is 0.365. The van der Waals surface area contributed by atoms with Gasteiger partial charge < -0.3 is 4.81 Å². The zero-order valence-electron chi connectivity index (χ0n) is 7.35. The molecular formula is C8H17BN. The van der Waals surface area contributed by atoms with Gasteiger partial charge >= 0.3 is 0 Å². The van der Waals surface area contributed by atoms with Crippen molar-refractivity contribution < 1.29 is 0 Å². The van der Waals surface area contributed by atoms with E-state index in [4.69, 9.17) is 0 Å². The van der Waals surface area contributed by atoms with Gasteiger partial charge in [0.25, 0.3) is 0 Å². The normalized spacial score (nSPS) is 21.5. The lowest BCUT2D eigenvalue weighted by Crippen LogP contribution is -2.30. The summed E-state index contributed by atoms with van der Waals surface area (Å²) in [5.74, 6) is 0. The van der Waals surface area contributed by atoms with E-state index in [9.17, 15) is 0 Å². The van der Waals surface area contributed by atoms with Crippen LogP contribution in [0.25, 0.3) is 0 Å². The molecule has 2 heteroatoms. The second-order valence-corrected chi connectivity index (χ2v) is 4.24. The Labute approximate surface area is 65.1 Å². The van der Waals surface area contributed by atoms with Crippen LogP contribution < -0.4 is 0 Å². The molecular weight excluding hydrogens is 121 g/mol. The van der Waals surface area contributed by atoms with Gasteiger partial charge in [0.15, 0.2) is 0 Å². The number of nitrogens with zero attached hydrogens (tertiary/aromatic N) is 1. The van der Waals surface area contributed by atoms with Crippen molar-refractivity contribution in [2.24, 2.45) is 0 Å². The molecule has 0 aromatic rings. The van der Waals surface area contributed by atoms with E-state index in [0.717, 1.165) is 0 Å². The van der Waals surface area contributed by atoms with Crippen LogP contribution in [0.1, 0.15) is 33.6 Å². The second-order valence-electron chi connectivity index (χ2n) is 4.24.